The van der Waals surface area contributed by atoms with Gasteiger partial charge in [0.15, 0.2) is 0 Å². The topological polar surface area (TPSA) is 49.3 Å². The molecule has 0 bridgehead atoms. The Hall–Kier alpha value is -1.56. The van der Waals surface area contributed by atoms with Crippen LogP contribution in [0.2, 0.25) is 0 Å². The molecule has 0 radical (unpaired) electrons. The van der Waals surface area contributed by atoms with Crippen molar-refractivity contribution in [2.24, 2.45) is 0 Å². The van der Waals surface area contributed by atoms with Gasteiger partial charge in [-0.3, -0.25) is 4.79 Å². The van der Waals surface area contributed by atoms with Crippen LogP contribution in [0, 0.1) is 3.57 Å². The lowest BCUT2D eigenvalue weighted by Crippen LogP contribution is -2.32. The van der Waals surface area contributed by atoms with Crippen molar-refractivity contribution >= 4 is 28.5 Å². The third-order valence-electron chi connectivity index (χ3n) is 3.29. The average molecular weight is 395 g/mol. The standard InChI is InChI=1S/C17H18INO2/c1-12(2-3-13-4-10-16(20)11-5-13)19-17(21)14-6-8-15(18)9-7-14/h4-12,20H,2-3H2,1H3,(H,19,21). The first-order valence-corrected chi connectivity index (χ1v) is 7.97. The first kappa shape index (κ1) is 15.8. The molecular formula is C17H18INO2. The third kappa shape index (κ3) is 5.04. The fraction of sp³-hybridized carbons (Fsp3) is 0.235. The van der Waals surface area contributed by atoms with Gasteiger partial charge in [-0.15, -0.1) is 0 Å². The number of phenolic OH excluding ortho intramolecular Hbond substituents is 1. The molecule has 21 heavy (non-hydrogen) atoms. The van der Waals surface area contributed by atoms with Gasteiger partial charge in [-0.25, -0.2) is 0 Å². The molecule has 0 aromatic heterocycles. The van der Waals surface area contributed by atoms with Crippen LogP contribution in [0.4, 0.5) is 0 Å². The predicted octanol–water partition coefficient (Wildman–Crippen LogP) is 3.75. The lowest BCUT2D eigenvalue weighted by Gasteiger charge is -2.14. The molecule has 0 saturated carbocycles. The molecule has 110 valence electrons. The van der Waals surface area contributed by atoms with Gasteiger partial charge in [0.25, 0.3) is 5.91 Å². The Bertz CT molecular complexity index is 593. The van der Waals surface area contributed by atoms with Crippen molar-refractivity contribution in [3.8, 4) is 5.75 Å². The summed E-state index contributed by atoms with van der Waals surface area (Å²) in [5.41, 5.74) is 1.84. The summed E-state index contributed by atoms with van der Waals surface area (Å²) in [5, 5.41) is 12.2. The number of hydrogen-bond donors (Lipinski definition) is 2. The molecule has 2 rings (SSSR count). The molecule has 0 heterocycles. The Morgan fingerprint density at radius 1 is 1.14 bits per heavy atom. The van der Waals surface area contributed by atoms with Crippen LogP contribution >= 0.6 is 22.6 Å². The van der Waals surface area contributed by atoms with E-state index >= 15 is 0 Å². The second-order valence-corrected chi connectivity index (χ2v) is 6.33. The van der Waals surface area contributed by atoms with Crippen LogP contribution in [-0.4, -0.2) is 17.1 Å². The van der Waals surface area contributed by atoms with Crippen molar-refractivity contribution in [1.29, 1.82) is 0 Å². The summed E-state index contributed by atoms with van der Waals surface area (Å²) < 4.78 is 1.12. The molecule has 3 nitrogen and oxygen atoms in total. The Kier molecular flexibility index (Phi) is 5.61. The first-order valence-electron chi connectivity index (χ1n) is 6.89. The van der Waals surface area contributed by atoms with Crippen LogP contribution < -0.4 is 5.32 Å². The van der Waals surface area contributed by atoms with E-state index < -0.39 is 0 Å². The molecule has 4 heteroatoms. The second kappa shape index (κ2) is 7.45. The SMILES string of the molecule is CC(CCc1ccc(O)cc1)NC(=O)c1ccc(I)cc1. The fourth-order valence-corrected chi connectivity index (χ4v) is 2.39. The minimum Gasteiger partial charge on any atom is -0.508 e. The molecule has 2 aromatic rings. The number of halogens is 1. The van der Waals surface area contributed by atoms with Gasteiger partial charge in [-0.1, -0.05) is 12.1 Å². The van der Waals surface area contributed by atoms with E-state index in [1.807, 2.05) is 43.3 Å². The highest BCUT2D eigenvalue weighted by molar-refractivity contribution is 14.1. The highest BCUT2D eigenvalue weighted by atomic mass is 127. The zero-order chi connectivity index (χ0) is 15.2. The van der Waals surface area contributed by atoms with E-state index in [1.54, 1.807) is 12.1 Å². The lowest BCUT2D eigenvalue weighted by molar-refractivity contribution is 0.0938. The van der Waals surface area contributed by atoms with Crippen molar-refractivity contribution in [2.75, 3.05) is 0 Å². The number of aryl methyl sites for hydroxylation is 1. The van der Waals surface area contributed by atoms with Crippen molar-refractivity contribution in [2.45, 2.75) is 25.8 Å². The molecule has 1 atom stereocenters. The number of carbonyl (C=O) groups is 1. The molecule has 0 aliphatic heterocycles. The van der Waals surface area contributed by atoms with Gasteiger partial charge in [0.05, 0.1) is 0 Å². The van der Waals surface area contributed by atoms with Crippen LogP contribution in [0.5, 0.6) is 5.75 Å². The molecule has 2 aromatic carbocycles. The second-order valence-electron chi connectivity index (χ2n) is 5.09. The zero-order valence-electron chi connectivity index (χ0n) is 11.8. The van der Waals surface area contributed by atoms with Gasteiger partial charge in [-0.2, -0.15) is 0 Å². The number of rotatable bonds is 5. The maximum Gasteiger partial charge on any atom is 0.251 e. The van der Waals surface area contributed by atoms with Gasteiger partial charge in [-0.05, 0) is 84.3 Å². The number of hydrogen-bond acceptors (Lipinski definition) is 2. The van der Waals surface area contributed by atoms with Crippen LogP contribution in [0.25, 0.3) is 0 Å². The Morgan fingerprint density at radius 3 is 2.38 bits per heavy atom. The van der Waals surface area contributed by atoms with E-state index in [2.05, 4.69) is 27.9 Å². The zero-order valence-corrected chi connectivity index (χ0v) is 14.0. The number of benzene rings is 2. The molecule has 0 aliphatic carbocycles. The quantitative estimate of drug-likeness (QED) is 0.758. The molecule has 1 unspecified atom stereocenters. The third-order valence-corrected chi connectivity index (χ3v) is 4.01. The maximum atomic E-state index is 12.1. The molecule has 2 N–H and O–H groups in total. The van der Waals surface area contributed by atoms with Crippen LogP contribution in [0.15, 0.2) is 48.5 Å². The molecule has 0 spiro atoms. The highest BCUT2D eigenvalue weighted by Gasteiger charge is 2.09. The molecule has 0 aliphatic rings. The van der Waals surface area contributed by atoms with E-state index in [9.17, 15) is 9.90 Å². The van der Waals surface area contributed by atoms with Gasteiger partial charge in [0.1, 0.15) is 5.75 Å². The first-order chi connectivity index (χ1) is 10.0. The predicted molar refractivity (Wildman–Crippen MR) is 92.5 cm³/mol. The van der Waals surface area contributed by atoms with Crippen LogP contribution in [0.1, 0.15) is 29.3 Å². The van der Waals surface area contributed by atoms with Gasteiger partial charge in [0.2, 0.25) is 0 Å². The largest absolute Gasteiger partial charge is 0.508 e. The molecule has 0 saturated heterocycles. The van der Waals surface area contributed by atoms with Gasteiger partial charge in [0, 0.05) is 15.2 Å². The highest BCUT2D eigenvalue weighted by Crippen LogP contribution is 2.12. The fourth-order valence-electron chi connectivity index (χ4n) is 2.03. The molecule has 1 amide bonds. The minimum atomic E-state index is -0.0374. The van der Waals surface area contributed by atoms with Gasteiger partial charge < -0.3 is 10.4 Å². The summed E-state index contributed by atoms with van der Waals surface area (Å²) in [4.78, 5) is 12.1. The summed E-state index contributed by atoms with van der Waals surface area (Å²) in [7, 11) is 0. The molecule has 0 fully saturated rings. The summed E-state index contributed by atoms with van der Waals surface area (Å²) in [5.74, 6) is 0.239. The number of amides is 1. The Labute approximate surface area is 138 Å². The molecular weight excluding hydrogens is 377 g/mol. The van der Waals surface area contributed by atoms with E-state index in [1.165, 1.54) is 0 Å². The van der Waals surface area contributed by atoms with E-state index in [0.717, 1.165) is 22.0 Å². The van der Waals surface area contributed by atoms with Crippen molar-refractivity contribution in [1.82, 2.24) is 5.32 Å². The maximum absolute atomic E-state index is 12.1. The summed E-state index contributed by atoms with van der Waals surface area (Å²) in [6, 6.07) is 14.8. The number of phenols is 1. The number of aromatic hydroxyl groups is 1. The summed E-state index contributed by atoms with van der Waals surface area (Å²) in [6.07, 6.45) is 1.73. The lowest BCUT2D eigenvalue weighted by atomic mass is 10.1. The monoisotopic (exact) mass is 395 g/mol. The number of nitrogens with one attached hydrogen (secondary N) is 1. The summed E-state index contributed by atoms with van der Waals surface area (Å²) >= 11 is 2.22. The van der Waals surface area contributed by atoms with Crippen molar-refractivity contribution in [3.05, 3.63) is 63.2 Å². The summed E-state index contributed by atoms with van der Waals surface area (Å²) in [6.45, 7) is 2.00. The minimum absolute atomic E-state index is 0.0374. The Balaban J connectivity index is 1.83. The van der Waals surface area contributed by atoms with E-state index in [-0.39, 0.29) is 17.7 Å². The Morgan fingerprint density at radius 2 is 1.76 bits per heavy atom. The van der Waals surface area contributed by atoms with Crippen LogP contribution in [0.3, 0.4) is 0 Å². The normalized spacial score (nSPS) is 11.9. The average Bonchev–Trinajstić information content (AvgIpc) is 2.47. The van der Waals surface area contributed by atoms with E-state index in [0.29, 0.717) is 5.56 Å². The smallest absolute Gasteiger partial charge is 0.251 e. The van der Waals surface area contributed by atoms with Crippen LogP contribution in [-0.2, 0) is 6.42 Å². The van der Waals surface area contributed by atoms with E-state index in [4.69, 9.17) is 0 Å². The van der Waals surface area contributed by atoms with Gasteiger partial charge >= 0.3 is 0 Å². The number of carbonyl (C=O) groups excluding carboxylic acids is 1. The van der Waals surface area contributed by atoms with Crippen molar-refractivity contribution < 1.29 is 9.90 Å². The van der Waals surface area contributed by atoms with Crippen molar-refractivity contribution in [3.63, 3.8) is 0 Å².